The van der Waals surface area contributed by atoms with Crippen LogP contribution in [0.25, 0.3) is 0 Å². The van der Waals surface area contributed by atoms with E-state index >= 15 is 0 Å². The molecule has 1 aromatic rings. The Hall–Kier alpha value is -0.690. The Kier molecular flexibility index (Phi) is 3.67. The highest BCUT2D eigenvalue weighted by molar-refractivity contribution is 14.1. The van der Waals surface area contributed by atoms with E-state index in [4.69, 9.17) is 0 Å². The quantitative estimate of drug-likeness (QED) is 0.762. The van der Waals surface area contributed by atoms with Crippen molar-refractivity contribution in [2.24, 2.45) is 0 Å². The highest BCUT2D eigenvalue weighted by atomic mass is 127. The summed E-state index contributed by atoms with van der Waals surface area (Å²) in [5, 5.41) is 0. The lowest BCUT2D eigenvalue weighted by Gasteiger charge is -2.42. The molecular weight excluding hydrogens is 334 g/mol. The number of likely N-dealkylation sites (tertiary alicyclic amines) is 1. The average molecular weight is 348 g/mol. The lowest BCUT2D eigenvalue weighted by Crippen LogP contribution is -2.59. The molecule has 0 bridgehead atoms. The summed E-state index contributed by atoms with van der Waals surface area (Å²) >= 11 is 1.90. The van der Waals surface area contributed by atoms with Gasteiger partial charge in [-0.25, -0.2) is 4.39 Å². The number of halogens is 2. The standard InChI is InChI=1S/C12H14FIN2O/c1-15(2)9-6-16(7-9)12(17)8-3-4-10(13)11(14)5-8/h3-5,9H,6-7H2,1-2H3. The van der Waals surface area contributed by atoms with Crippen LogP contribution in [0, 0.1) is 9.39 Å². The number of amides is 1. The molecule has 0 saturated carbocycles. The molecule has 1 fully saturated rings. The maximum atomic E-state index is 13.1. The first-order valence-corrected chi connectivity index (χ1v) is 6.47. The van der Waals surface area contributed by atoms with Crippen LogP contribution < -0.4 is 0 Å². The maximum absolute atomic E-state index is 13.1. The molecule has 0 aromatic heterocycles. The number of hydrogen-bond donors (Lipinski definition) is 0. The predicted molar refractivity (Wildman–Crippen MR) is 72.5 cm³/mol. The van der Waals surface area contributed by atoms with Gasteiger partial charge in [0, 0.05) is 28.3 Å². The van der Waals surface area contributed by atoms with Gasteiger partial charge in [-0.1, -0.05) is 0 Å². The third-order valence-corrected chi connectivity index (χ3v) is 3.87. The summed E-state index contributed by atoms with van der Waals surface area (Å²) in [7, 11) is 4.01. The zero-order valence-corrected chi connectivity index (χ0v) is 11.9. The van der Waals surface area contributed by atoms with Gasteiger partial charge in [-0.05, 0) is 54.9 Å². The van der Waals surface area contributed by atoms with Crippen molar-refractivity contribution in [2.75, 3.05) is 27.2 Å². The van der Waals surface area contributed by atoms with Crippen LogP contribution >= 0.6 is 22.6 Å². The molecule has 17 heavy (non-hydrogen) atoms. The molecule has 0 spiro atoms. The topological polar surface area (TPSA) is 23.6 Å². The van der Waals surface area contributed by atoms with E-state index in [0.29, 0.717) is 15.2 Å². The fourth-order valence-corrected chi connectivity index (χ4v) is 2.27. The Labute approximate surface area is 114 Å². The molecule has 1 amide bonds. The lowest BCUT2D eigenvalue weighted by molar-refractivity contribution is 0.0399. The largest absolute Gasteiger partial charge is 0.335 e. The van der Waals surface area contributed by atoms with Crippen molar-refractivity contribution in [1.82, 2.24) is 9.80 Å². The monoisotopic (exact) mass is 348 g/mol. The lowest BCUT2D eigenvalue weighted by atomic mass is 10.1. The van der Waals surface area contributed by atoms with Crippen LogP contribution in [0.1, 0.15) is 10.4 Å². The first-order valence-electron chi connectivity index (χ1n) is 5.40. The number of carbonyl (C=O) groups excluding carboxylic acids is 1. The minimum Gasteiger partial charge on any atom is -0.335 e. The third-order valence-electron chi connectivity index (χ3n) is 3.05. The van der Waals surface area contributed by atoms with Gasteiger partial charge >= 0.3 is 0 Å². The Morgan fingerprint density at radius 3 is 2.65 bits per heavy atom. The molecule has 5 heteroatoms. The molecule has 1 aliphatic heterocycles. The van der Waals surface area contributed by atoms with E-state index in [9.17, 15) is 9.18 Å². The average Bonchev–Trinajstić information content (AvgIpc) is 2.19. The minimum absolute atomic E-state index is 0.0129. The molecule has 3 nitrogen and oxygen atoms in total. The van der Waals surface area contributed by atoms with Gasteiger partial charge in [0.25, 0.3) is 5.91 Å². The summed E-state index contributed by atoms with van der Waals surface area (Å²) in [6.07, 6.45) is 0. The first kappa shape index (κ1) is 12.8. The summed E-state index contributed by atoms with van der Waals surface area (Å²) in [5.41, 5.74) is 0.563. The molecule has 0 N–H and O–H groups in total. The molecule has 0 radical (unpaired) electrons. The molecule has 1 aromatic carbocycles. The fourth-order valence-electron chi connectivity index (χ4n) is 1.76. The van der Waals surface area contributed by atoms with Crippen molar-refractivity contribution >= 4 is 28.5 Å². The Bertz CT molecular complexity index is 444. The maximum Gasteiger partial charge on any atom is 0.254 e. The molecule has 0 unspecified atom stereocenters. The Morgan fingerprint density at radius 1 is 1.47 bits per heavy atom. The number of carbonyl (C=O) groups is 1. The molecule has 1 saturated heterocycles. The van der Waals surface area contributed by atoms with Crippen LogP contribution in [0.15, 0.2) is 18.2 Å². The van der Waals surface area contributed by atoms with E-state index in [-0.39, 0.29) is 11.7 Å². The van der Waals surface area contributed by atoms with Gasteiger partial charge < -0.3 is 9.80 Å². The number of rotatable bonds is 2. The van der Waals surface area contributed by atoms with E-state index in [2.05, 4.69) is 4.90 Å². The van der Waals surface area contributed by atoms with Crippen LogP contribution in [0.4, 0.5) is 4.39 Å². The number of hydrogen-bond acceptors (Lipinski definition) is 2. The number of benzene rings is 1. The van der Waals surface area contributed by atoms with Crippen LogP contribution in [-0.2, 0) is 0 Å². The smallest absolute Gasteiger partial charge is 0.254 e. The summed E-state index contributed by atoms with van der Waals surface area (Å²) < 4.78 is 13.6. The van der Waals surface area contributed by atoms with E-state index in [0.717, 1.165) is 13.1 Å². The van der Waals surface area contributed by atoms with E-state index in [1.165, 1.54) is 6.07 Å². The van der Waals surface area contributed by atoms with Crippen molar-refractivity contribution < 1.29 is 9.18 Å². The highest BCUT2D eigenvalue weighted by Gasteiger charge is 2.32. The van der Waals surface area contributed by atoms with Crippen molar-refractivity contribution in [3.05, 3.63) is 33.1 Å². The van der Waals surface area contributed by atoms with Crippen LogP contribution in [0.3, 0.4) is 0 Å². The second kappa shape index (κ2) is 4.89. The fraction of sp³-hybridized carbons (Fsp3) is 0.417. The van der Waals surface area contributed by atoms with Gasteiger partial charge in [0.1, 0.15) is 5.82 Å². The van der Waals surface area contributed by atoms with E-state index in [1.54, 1.807) is 17.0 Å². The van der Waals surface area contributed by atoms with Crippen molar-refractivity contribution in [1.29, 1.82) is 0 Å². The van der Waals surface area contributed by atoms with Crippen LogP contribution in [-0.4, -0.2) is 48.9 Å². The molecular formula is C12H14FIN2O. The Balaban J connectivity index is 2.04. The van der Waals surface area contributed by atoms with Gasteiger partial charge in [-0.3, -0.25) is 4.79 Å². The number of nitrogens with zero attached hydrogens (tertiary/aromatic N) is 2. The highest BCUT2D eigenvalue weighted by Crippen LogP contribution is 2.19. The SMILES string of the molecule is CN(C)C1CN(C(=O)c2ccc(F)c(I)c2)C1. The second-order valence-corrected chi connectivity index (χ2v) is 5.62. The summed E-state index contributed by atoms with van der Waals surface area (Å²) in [4.78, 5) is 15.9. The molecule has 1 heterocycles. The second-order valence-electron chi connectivity index (χ2n) is 4.46. The zero-order valence-electron chi connectivity index (χ0n) is 9.78. The Morgan fingerprint density at radius 2 is 2.12 bits per heavy atom. The normalized spacial score (nSPS) is 16.2. The summed E-state index contributed by atoms with van der Waals surface area (Å²) in [6, 6.07) is 4.93. The van der Waals surface area contributed by atoms with Crippen molar-refractivity contribution in [2.45, 2.75) is 6.04 Å². The van der Waals surface area contributed by atoms with Gasteiger partial charge in [0.05, 0.1) is 0 Å². The van der Waals surface area contributed by atoms with Crippen LogP contribution in [0.2, 0.25) is 0 Å². The predicted octanol–water partition coefficient (Wildman–Crippen LogP) is 1.82. The molecule has 0 atom stereocenters. The molecule has 0 aliphatic carbocycles. The minimum atomic E-state index is -0.281. The van der Waals surface area contributed by atoms with E-state index in [1.807, 2.05) is 36.7 Å². The first-order chi connectivity index (χ1) is 7.99. The molecule has 1 aliphatic rings. The van der Waals surface area contributed by atoms with Gasteiger partial charge in [-0.15, -0.1) is 0 Å². The van der Waals surface area contributed by atoms with Crippen LogP contribution in [0.5, 0.6) is 0 Å². The zero-order chi connectivity index (χ0) is 12.6. The summed E-state index contributed by atoms with van der Waals surface area (Å²) in [6.45, 7) is 1.50. The summed E-state index contributed by atoms with van der Waals surface area (Å²) in [5.74, 6) is -0.294. The van der Waals surface area contributed by atoms with Gasteiger partial charge in [0.2, 0.25) is 0 Å². The molecule has 2 rings (SSSR count). The third kappa shape index (κ3) is 2.60. The van der Waals surface area contributed by atoms with Crippen molar-refractivity contribution in [3.8, 4) is 0 Å². The number of likely N-dealkylation sites (N-methyl/N-ethyl adjacent to an activating group) is 1. The van der Waals surface area contributed by atoms with E-state index < -0.39 is 0 Å². The van der Waals surface area contributed by atoms with Crippen molar-refractivity contribution in [3.63, 3.8) is 0 Å². The van der Waals surface area contributed by atoms with Gasteiger partial charge in [0.15, 0.2) is 0 Å². The van der Waals surface area contributed by atoms with Gasteiger partial charge in [-0.2, -0.15) is 0 Å². The molecule has 92 valence electrons.